The van der Waals surface area contributed by atoms with Gasteiger partial charge in [-0.25, -0.2) is 18.5 Å². The summed E-state index contributed by atoms with van der Waals surface area (Å²) in [5.74, 6) is -0.436. The van der Waals surface area contributed by atoms with Gasteiger partial charge in [-0.1, -0.05) is 39.0 Å². The van der Waals surface area contributed by atoms with Crippen molar-refractivity contribution in [3.8, 4) is 5.75 Å². The van der Waals surface area contributed by atoms with E-state index in [1.54, 1.807) is 18.2 Å². The number of rotatable bonds is 12. The molecule has 1 aliphatic heterocycles. The molecule has 2 aromatic heterocycles. The molecule has 0 bridgehead atoms. The van der Waals surface area contributed by atoms with E-state index >= 15 is 0 Å². The Hall–Kier alpha value is -3.13. The van der Waals surface area contributed by atoms with Gasteiger partial charge in [0.1, 0.15) is 42.0 Å². The van der Waals surface area contributed by atoms with Gasteiger partial charge in [-0.05, 0) is 43.0 Å². The van der Waals surface area contributed by atoms with Crippen LogP contribution in [0.4, 0.5) is 10.2 Å². The summed E-state index contributed by atoms with van der Waals surface area (Å²) < 4.78 is 52.0. The van der Waals surface area contributed by atoms with Crippen LogP contribution < -0.4 is 15.3 Å². The maximum Gasteiger partial charge on any atom is 0.459 e. The van der Waals surface area contributed by atoms with Crippen molar-refractivity contribution < 1.29 is 42.5 Å². The predicted octanol–water partition coefficient (Wildman–Crippen LogP) is 2.76. The molecular weight excluding hydrogens is 572 g/mol. The van der Waals surface area contributed by atoms with Crippen molar-refractivity contribution in [2.75, 3.05) is 32.2 Å². The summed E-state index contributed by atoms with van der Waals surface area (Å²) >= 11 is 0. The minimum absolute atomic E-state index is 0.0663. The largest absolute Gasteiger partial charge is 0.465 e. The number of nitrogen functional groups attached to an aromatic ring is 1. The first-order valence-electron chi connectivity index (χ1n) is 13.3. The lowest BCUT2D eigenvalue weighted by Crippen LogP contribution is -2.53. The summed E-state index contributed by atoms with van der Waals surface area (Å²) in [5.41, 5.74) is 1.93. The molecule has 0 radical (unpaired) electrons. The van der Waals surface area contributed by atoms with Gasteiger partial charge in [0.25, 0.3) is 0 Å². The smallest absolute Gasteiger partial charge is 0.459 e. The number of carbonyl (C=O) groups excluding carboxylic acids is 1. The number of nitrogens with two attached hydrogens (primary N) is 1. The van der Waals surface area contributed by atoms with Crippen molar-refractivity contribution in [1.82, 2.24) is 19.7 Å². The molecule has 5 N–H and O–H groups in total. The maximum atomic E-state index is 14.6. The van der Waals surface area contributed by atoms with Crippen molar-refractivity contribution in [2.24, 2.45) is 5.41 Å². The molecule has 3 heterocycles. The lowest BCUT2D eigenvalue weighted by Gasteiger charge is -2.33. The summed E-state index contributed by atoms with van der Waals surface area (Å²) in [6.07, 6.45) is -0.136. The third-order valence-electron chi connectivity index (χ3n) is 6.93. The highest BCUT2D eigenvalue weighted by Crippen LogP contribution is 2.48. The molecule has 1 fully saturated rings. The fourth-order valence-electron chi connectivity index (χ4n) is 4.39. The number of ether oxygens (including phenoxy) is 2. The van der Waals surface area contributed by atoms with Crippen LogP contribution in [0.5, 0.6) is 5.75 Å². The van der Waals surface area contributed by atoms with E-state index in [4.69, 9.17) is 24.3 Å². The fraction of sp³-hybridized carbons (Fsp3) is 0.519. The van der Waals surface area contributed by atoms with Crippen molar-refractivity contribution in [1.29, 1.82) is 0 Å². The molecule has 42 heavy (non-hydrogen) atoms. The van der Waals surface area contributed by atoms with Gasteiger partial charge in [0, 0.05) is 0 Å². The number of fused-ring (bicyclic) bond motifs is 1. The number of hydrogen-bond acceptors (Lipinski definition) is 11. The normalized spacial score (nSPS) is 24.8. The quantitative estimate of drug-likeness (QED) is 0.175. The molecule has 13 nitrogen and oxygen atoms in total. The first kappa shape index (κ1) is 31.8. The molecule has 0 aliphatic carbocycles. The summed E-state index contributed by atoms with van der Waals surface area (Å²) in [4.78, 5) is 16.5. The first-order valence-corrected chi connectivity index (χ1v) is 14.9. The monoisotopic (exact) mass is 609 g/mol. The van der Waals surface area contributed by atoms with Gasteiger partial charge in [0.05, 0.1) is 25.5 Å². The highest BCUT2D eigenvalue weighted by molar-refractivity contribution is 7.52. The Morgan fingerprint density at radius 1 is 1.31 bits per heavy atom. The maximum absolute atomic E-state index is 14.6. The average Bonchev–Trinajstić information content (AvgIpc) is 3.49. The molecule has 1 aliphatic rings. The van der Waals surface area contributed by atoms with Crippen molar-refractivity contribution >= 4 is 25.1 Å². The summed E-state index contributed by atoms with van der Waals surface area (Å²) in [5, 5.41) is 29.4. The topological polar surface area (TPSA) is 180 Å². The molecule has 1 aromatic carbocycles. The van der Waals surface area contributed by atoms with Crippen LogP contribution in [-0.4, -0.2) is 75.0 Å². The van der Waals surface area contributed by atoms with Gasteiger partial charge < -0.3 is 29.9 Å². The molecule has 0 spiro atoms. The Morgan fingerprint density at radius 2 is 2.02 bits per heavy atom. The number of halogens is 1. The van der Waals surface area contributed by atoms with E-state index in [2.05, 4.69) is 15.2 Å². The molecule has 3 aromatic rings. The lowest BCUT2D eigenvalue weighted by atomic mass is 9.86. The third-order valence-corrected chi connectivity index (χ3v) is 8.55. The Morgan fingerprint density at radius 3 is 2.69 bits per heavy atom. The van der Waals surface area contributed by atoms with Crippen LogP contribution in [0, 0.1) is 5.41 Å². The second-order valence-electron chi connectivity index (χ2n) is 11.5. The zero-order valence-electron chi connectivity index (χ0n) is 23.9. The number of aliphatic hydroxyl groups excluding tert-OH is 1. The van der Waals surface area contributed by atoms with Crippen molar-refractivity contribution in [3.05, 3.63) is 54.5 Å². The standard InChI is InChI=1S/C27H37FN5O8P/c1-18(23(34)38-13-12-25(2,3)4)32-42(37,41-19-8-6-5-7-9-19)40-15-26(14-28)24(35)27(36,16-39-26)21-11-10-20-22(29)30-17-31-33(20)21/h5-11,17-18,24,35-36H,12-16H2,1-4H3,(H,32,37)(H2,29,30,31)/t18-,24+,26+,27+,42+/m0/s1. The van der Waals surface area contributed by atoms with E-state index in [0.29, 0.717) is 11.9 Å². The van der Waals surface area contributed by atoms with Crippen LogP contribution in [0.15, 0.2) is 48.8 Å². The van der Waals surface area contributed by atoms with Crippen molar-refractivity contribution in [3.63, 3.8) is 0 Å². The van der Waals surface area contributed by atoms with Crippen molar-refractivity contribution in [2.45, 2.75) is 57.5 Å². The van der Waals surface area contributed by atoms with Crippen LogP contribution in [0.3, 0.4) is 0 Å². The molecule has 0 saturated carbocycles. The fourth-order valence-corrected chi connectivity index (χ4v) is 5.94. The highest BCUT2D eigenvalue weighted by atomic mass is 31.2. The van der Waals surface area contributed by atoms with Gasteiger partial charge in [-0.3, -0.25) is 9.32 Å². The zero-order valence-corrected chi connectivity index (χ0v) is 24.8. The molecule has 0 amide bonds. The molecule has 15 heteroatoms. The summed E-state index contributed by atoms with van der Waals surface area (Å²) in [6, 6.07) is 9.86. The molecular formula is C27H37FN5O8P. The highest BCUT2D eigenvalue weighted by Gasteiger charge is 2.60. The van der Waals surface area contributed by atoms with Crippen LogP contribution >= 0.6 is 7.75 Å². The molecule has 1 saturated heterocycles. The number of nitrogens with zero attached hydrogens (tertiary/aromatic N) is 3. The number of aliphatic hydroxyl groups is 2. The van der Waals surface area contributed by atoms with Gasteiger partial charge >= 0.3 is 13.7 Å². The minimum atomic E-state index is -4.43. The Kier molecular flexibility index (Phi) is 9.26. The zero-order chi connectivity index (χ0) is 30.8. The van der Waals surface area contributed by atoms with Crippen LogP contribution in [-0.2, 0) is 29.0 Å². The van der Waals surface area contributed by atoms with E-state index in [1.165, 1.54) is 42.0 Å². The Labute approximate surface area is 242 Å². The molecule has 0 unspecified atom stereocenters. The molecule has 230 valence electrons. The number of alkyl halides is 1. The van der Waals surface area contributed by atoms with E-state index < -0.39 is 57.0 Å². The lowest BCUT2D eigenvalue weighted by molar-refractivity contribution is -0.146. The first-order chi connectivity index (χ1) is 19.7. The van der Waals surface area contributed by atoms with Gasteiger partial charge in [-0.2, -0.15) is 10.2 Å². The van der Waals surface area contributed by atoms with Gasteiger partial charge in [0.15, 0.2) is 11.4 Å². The van der Waals surface area contributed by atoms with Crippen LogP contribution in [0.1, 0.15) is 39.8 Å². The Balaban J connectivity index is 1.54. The van der Waals surface area contributed by atoms with Crippen LogP contribution in [0.25, 0.3) is 5.52 Å². The third kappa shape index (κ3) is 6.74. The summed E-state index contributed by atoms with van der Waals surface area (Å²) in [7, 11) is -4.43. The molecule has 4 rings (SSSR count). The van der Waals surface area contributed by atoms with E-state index in [1.807, 2.05) is 20.8 Å². The number of carbonyl (C=O) groups is 1. The average molecular weight is 610 g/mol. The number of esters is 1. The second-order valence-corrected chi connectivity index (χ2v) is 13.2. The van der Waals surface area contributed by atoms with E-state index in [-0.39, 0.29) is 29.3 Å². The number of aromatic nitrogens is 3. The molecule has 5 atom stereocenters. The number of anilines is 1. The summed E-state index contributed by atoms with van der Waals surface area (Å²) in [6.45, 7) is 4.87. The van der Waals surface area contributed by atoms with Crippen LogP contribution in [0.2, 0.25) is 0 Å². The van der Waals surface area contributed by atoms with E-state index in [0.717, 1.165) is 0 Å². The number of hydrogen-bond donors (Lipinski definition) is 4. The number of para-hydroxylation sites is 1. The van der Waals surface area contributed by atoms with Gasteiger partial charge in [-0.15, -0.1) is 0 Å². The van der Waals surface area contributed by atoms with E-state index in [9.17, 15) is 24.0 Å². The predicted molar refractivity (Wildman–Crippen MR) is 150 cm³/mol. The second kappa shape index (κ2) is 12.2. The Bertz CT molecular complexity index is 1440. The minimum Gasteiger partial charge on any atom is -0.465 e. The SMILES string of the molecule is C[C@H](N[P@@](=O)(OC[C@@]1(CF)OC[C@@](O)(c2ccc3c(N)ncnn23)[C@@H]1O)Oc1ccccc1)C(=O)OCCC(C)(C)C. The number of nitrogens with one attached hydrogen (secondary N) is 1. The number of benzene rings is 1. The van der Waals surface area contributed by atoms with Gasteiger partial charge in [0.2, 0.25) is 0 Å².